The standard InChI is InChI=1S/C12H8F2O.Ar/c13-9-1-5-11(6-2-9)15-12-7-3-10(14)4-8-12;/h1-8H;. The van der Waals surface area contributed by atoms with Gasteiger partial charge in [-0.05, 0) is 48.5 Å². The molecule has 0 fully saturated rings. The van der Waals surface area contributed by atoms with E-state index in [9.17, 15) is 8.78 Å². The van der Waals surface area contributed by atoms with Crippen molar-refractivity contribution in [1.82, 2.24) is 0 Å². The molecule has 0 aliphatic carbocycles. The Balaban J connectivity index is 0.00000128. The Morgan fingerprint density at radius 3 is 1.25 bits per heavy atom. The largest absolute Gasteiger partial charge is 0.457 e. The van der Waals surface area contributed by atoms with E-state index in [1.165, 1.54) is 48.5 Å². The third-order valence-corrected chi connectivity index (χ3v) is 1.86. The fourth-order valence-electron chi connectivity index (χ4n) is 1.14. The first-order valence-corrected chi connectivity index (χ1v) is 4.43. The second kappa shape index (κ2) is 6.18. The van der Waals surface area contributed by atoms with Gasteiger partial charge in [0.2, 0.25) is 0 Å². The minimum Gasteiger partial charge on any atom is -0.457 e. The topological polar surface area (TPSA) is 9.23 Å². The second-order valence-corrected chi connectivity index (χ2v) is 3.01. The molecule has 0 N–H and O–H groups in total. The molecule has 0 aliphatic heterocycles. The summed E-state index contributed by atoms with van der Waals surface area (Å²) in [6.45, 7) is 0. The Morgan fingerprint density at radius 2 is 0.938 bits per heavy atom. The van der Waals surface area contributed by atoms with Crippen LogP contribution in [-0.4, -0.2) is 0 Å². The van der Waals surface area contributed by atoms with Gasteiger partial charge in [-0.2, -0.15) is 0 Å². The zero-order chi connectivity index (χ0) is 10.7. The average Bonchev–Trinajstić information content (AvgIpc) is 2.25. The Hall–Kier alpha value is -0.640. The number of ether oxygens (including phenoxy) is 1. The zero-order valence-electron chi connectivity index (χ0n) is 8.14. The maximum Gasteiger partial charge on any atom is 0.127 e. The molecule has 16 heavy (non-hydrogen) atoms. The molecule has 2 aromatic carbocycles. The predicted octanol–water partition coefficient (Wildman–Crippen LogP) is 3.76. The first-order valence-electron chi connectivity index (χ1n) is 4.43. The fraction of sp³-hybridized carbons (Fsp3) is 0. The van der Waals surface area contributed by atoms with Crippen LogP contribution in [-0.2, 0) is 0 Å². The fourth-order valence-corrected chi connectivity index (χ4v) is 1.14. The van der Waals surface area contributed by atoms with Crippen molar-refractivity contribution >= 4 is 0 Å². The molecule has 0 heterocycles. The van der Waals surface area contributed by atoms with Gasteiger partial charge in [0.05, 0.1) is 0 Å². The first-order chi connectivity index (χ1) is 7.24. The maximum atomic E-state index is 12.6. The summed E-state index contributed by atoms with van der Waals surface area (Å²) >= 11 is 0. The molecule has 0 spiro atoms. The number of hydrogen-bond donors (Lipinski definition) is 0. The van der Waals surface area contributed by atoms with Gasteiger partial charge in [0.1, 0.15) is 23.1 Å². The van der Waals surface area contributed by atoms with E-state index in [4.69, 9.17) is 4.74 Å². The average molecular weight is 246 g/mol. The number of rotatable bonds is 2. The number of halogens is 2. The predicted molar refractivity (Wildman–Crippen MR) is 52.9 cm³/mol. The Kier molecular flexibility index (Phi) is 5.19. The van der Waals surface area contributed by atoms with Gasteiger partial charge in [0, 0.05) is 37.7 Å². The van der Waals surface area contributed by atoms with E-state index < -0.39 is 0 Å². The molecule has 0 aromatic heterocycles. The molecule has 0 unspecified atom stereocenters. The van der Waals surface area contributed by atoms with Crippen LogP contribution in [0.2, 0.25) is 0 Å². The van der Waals surface area contributed by atoms with Crippen molar-refractivity contribution in [2.24, 2.45) is 0 Å². The van der Waals surface area contributed by atoms with Crippen LogP contribution >= 0.6 is 0 Å². The third-order valence-electron chi connectivity index (χ3n) is 1.86. The van der Waals surface area contributed by atoms with E-state index in [-0.39, 0.29) is 49.4 Å². The van der Waals surface area contributed by atoms with Crippen LogP contribution in [0.15, 0.2) is 48.5 Å². The molecule has 2 rings (SSSR count). The third kappa shape index (κ3) is 3.74. The SMILES string of the molecule is Fc1ccc(Oc2ccc(F)cc2)cc1.[Ar]. The molecule has 0 aliphatic rings. The van der Waals surface area contributed by atoms with Gasteiger partial charge < -0.3 is 4.74 Å². The summed E-state index contributed by atoms with van der Waals surface area (Å²) in [4.78, 5) is 0. The van der Waals surface area contributed by atoms with Crippen LogP contribution in [0.25, 0.3) is 0 Å². The Labute approximate surface area is 122 Å². The molecule has 1 nitrogen and oxygen atoms in total. The van der Waals surface area contributed by atoms with Gasteiger partial charge in [-0.25, -0.2) is 8.78 Å². The van der Waals surface area contributed by atoms with Crippen molar-refractivity contribution in [1.29, 1.82) is 0 Å². The van der Waals surface area contributed by atoms with Crippen molar-refractivity contribution in [2.45, 2.75) is 0 Å². The van der Waals surface area contributed by atoms with Crippen LogP contribution in [0, 0.1) is 49.4 Å². The smallest absolute Gasteiger partial charge is 0.127 e. The molecule has 84 valence electrons. The van der Waals surface area contributed by atoms with Crippen molar-refractivity contribution in [3.8, 4) is 11.5 Å². The summed E-state index contributed by atoms with van der Waals surface area (Å²) < 4.78 is 30.5. The van der Waals surface area contributed by atoms with Crippen LogP contribution < -0.4 is 4.74 Å². The molecular formula is C12H8ArF2O. The van der Waals surface area contributed by atoms with Gasteiger partial charge in [-0.1, -0.05) is 0 Å². The van der Waals surface area contributed by atoms with Gasteiger partial charge in [-0.3, -0.25) is 0 Å². The summed E-state index contributed by atoms with van der Waals surface area (Å²) in [5.41, 5.74) is 0. The van der Waals surface area contributed by atoms with Crippen LogP contribution in [0.4, 0.5) is 8.78 Å². The van der Waals surface area contributed by atoms with Crippen LogP contribution in [0.3, 0.4) is 0 Å². The first kappa shape index (κ1) is 13.4. The van der Waals surface area contributed by atoms with E-state index in [0.717, 1.165) is 0 Å². The van der Waals surface area contributed by atoms with E-state index in [2.05, 4.69) is 0 Å². The van der Waals surface area contributed by atoms with Crippen molar-refractivity contribution < 1.29 is 51.3 Å². The minimum absolute atomic E-state index is 0. The van der Waals surface area contributed by atoms with Crippen molar-refractivity contribution in [3.05, 3.63) is 60.2 Å². The molecule has 0 bridgehead atoms. The van der Waals surface area contributed by atoms with E-state index in [1.807, 2.05) is 0 Å². The number of hydrogen-bond acceptors (Lipinski definition) is 1. The zero-order valence-corrected chi connectivity index (χ0v) is 8.84. The molecule has 0 amide bonds. The summed E-state index contributed by atoms with van der Waals surface area (Å²) in [5.74, 6) is 0.397. The molecule has 0 atom stereocenters. The van der Waals surface area contributed by atoms with Gasteiger partial charge in [0.15, 0.2) is 0 Å². The Morgan fingerprint density at radius 1 is 0.625 bits per heavy atom. The van der Waals surface area contributed by atoms with E-state index in [0.29, 0.717) is 11.5 Å². The van der Waals surface area contributed by atoms with Crippen LogP contribution in [0.5, 0.6) is 11.5 Å². The maximum absolute atomic E-state index is 12.6. The summed E-state index contributed by atoms with van der Waals surface area (Å²) in [5, 5.41) is 0. The second-order valence-electron chi connectivity index (χ2n) is 3.01. The molecule has 0 radical (unpaired) electrons. The summed E-state index contributed by atoms with van der Waals surface area (Å²) in [6, 6.07) is 11.3. The molecule has 4 heteroatoms. The van der Waals surface area contributed by atoms with E-state index in [1.54, 1.807) is 0 Å². The molecular weight excluding hydrogens is 238 g/mol. The van der Waals surface area contributed by atoms with Crippen molar-refractivity contribution in [3.63, 3.8) is 0 Å². The summed E-state index contributed by atoms with van der Waals surface area (Å²) in [6.07, 6.45) is 0. The monoisotopic (exact) mass is 246 g/mol. The van der Waals surface area contributed by atoms with Gasteiger partial charge >= 0.3 is 0 Å². The van der Waals surface area contributed by atoms with Gasteiger partial charge in [-0.15, -0.1) is 0 Å². The Bertz CT molecular complexity index is 396. The molecule has 2 aromatic rings. The minimum atomic E-state index is -0.318. The van der Waals surface area contributed by atoms with Gasteiger partial charge in [0.25, 0.3) is 0 Å². The normalized spacial score (nSPS) is 9.38. The van der Waals surface area contributed by atoms with Crippen molar-refractivity contribution in [2.75, 3.05) is 0 Å². The molecule has 0 saturated carbocycles. The summed E-state index contributed by atoms with van der Waals surface area (Å²) in [7, 11) is 0. The van der Waals surface area contributed by atoms with E-state index >= 15 is 0 Å². The van der Waals surface area contributed by atoms with Crippen LogP contribution in [0.1, 0.15) is 0 Å². The number of benzene rings is 2. The molecule has 0 saturated heterocycles. The quantitative estimate of drug-likeness (QED) is 0.783.